The molecular weight excluding hydrogens is 761 g/mol. The van der Waals surface area contributed by atoms with Crippen molar-refractivity contribution in [1.29, 1.82) is 0 Å². The molecule has 4 heterocycles. The molecule has 5 atom stereocenters. The molecule has 2 aliphatic heterocycles. The quantitative estimate of drug-likeness (QED) is 0.160. The molecule has 1 saturated heterocycles. The summed E-state index contributed by atoms with van der Waals surface area (Å²) in [6.07, 6.45) is 8.44. The van der Waals surface area contributed by atoms with Crippen LogP contribution in [0.25, 0.3) is 21.6 Å². The number of hydroxylamine groups is 2. The summed E-state index contributed by atoms with van der Waals surface area (Å²) in [6, 6.07) is 8.55. The fourth-order valence-corrected chi connectivity index (χ4v) is 10.1. The van der Waals surface area contributed by atoms with Gasteiger partial charge in [-0.05, 0) is 87.8 Å². The number of amides is 4. The first-order valence-electron chi connectivity index (χ1n) is 19.5. The molecule has 2 aromatic heterocycles. The summed E-state index contributed by atoms with van der Waals surface area (Å²) in [4.78, 5) is 67.9. The summed E-state index contributed by atoms with van der Waals surface area (Å²) in [6.45, 7) is -0.115. The van der Waals surface area contributed by atoms with Crippen molar-refractivity contribution in [3.05, 3.63) is 53.9 Å². The molecule has 3 saturated carbocycles. The standard InChI is InChI=1S/C39H46N6O9S2/c46-34-31-21-26(53-35-33(32-17-10-20-55-32)40-28-14-8-9-15-29(28)41-35)23-44(31)36(47)30(45(50)38(49)54-25-12-6-7-13-25)16-5-3-1-2-4-11-24-22-39(24,42-34)37(48)43-56(51,52)27-18-19-27/h4,8-11,14-15,17,20,24-27,30-31,50H,1-3,5-7,12-13,16,18-19,21-23H2,(H,42,46)(H,43,48)/b11-4-/t24?,26-,30-,31+,39-/m1/s1. The van der Waals surface area contributed by atoms with Crippen LogP contribution in [0, 0.1) is 5.92 Å². The molecule has 0 spiro atoms. The van der Waals surface area contributed by atoms with E-state index in [1.54, 1.807) is 0 Å². The topological polar surface area (TPSA) is 197 Å². The number of para-hydroxylation sites is 2. The summed E-state index contributed by atoms with van der Waals surface area (Å²) in [7, 11) is -3.92. The minimum absolute atomic E-state index is 0.0286. The average Bonchev–Trinajstić information content (AvgIpc) is 3.92. The van der Waals surface area contributed by atoms with E-state index in [-0.39, 0.29) is 37.8 Å². The molecule has 56 heavy (non-hydrogen) atoms. The zero-order chi connectivity index (χ0) is 39.0. The molecule has 1 aromatic carbocycles. The number of carbonyl (C=O) groups is 4. The molecule has 5 aliphatic rings. The molecule has 4 fully saturated rings. The summed E-state index contributed by atoms with van der Waals surface area (Å²) >= 11 is 1.46. The number of hydrogen-bond acceptors (Lipinski definition) is 12. The third kappa shape index (κ3) is 7.98. The molecule has 298 valence electrons. The van der Waals surface area contributed by atoms with Crippen LogP contribution in [0.4, 0.5) is 4.79 Å². The molecular formula is C39H46N6O9S2. The zero-order valence-corrected chi connectivity index (χ0v) is 32.5. The lowest BCUT2D eigenvalue weighted by Gasteiger charge is -2.32. The lowest BCUT2D eigenvalue weighted by atomic mass is 10.0. The van der Waals surface area contributed by atoms with Gasteiger partial charge in [0.2, 0.25) is 27.7 Å². The number of nitrogens with zero attached hydrogens (tertiary/aromatic N) is 4. The summed E-state index contributed by atoms with van der Waals surface area (Å²) in [5.41, 5.74) is 0.191. The third-order valence-electron chi connectivity index (χ3n) is 11.4. The second-order valence-corrected chi connectivity index (χ2v) is 18.4. The van der Waals surface area contributed by atoms with E-state index < -0.39 is 68.7 Å². The number of sulfonamides is 1. The van der Waals surface area contributed by atoms with E-state index in [0.717, 1.165) is 24.1 Å². The van der Waals surface area contributed by atoms with Crippen molar-refractivity contribution in [3.8, 4) is 16.5 Å². The van der Waals surface area contributed by atoms with Gasteiger partial charge in [0.05, 0.1) is 27.7 Å². The van der Waals surface area contributed by atoms with E-state index in [0.29, 0.717) is 66.7 Å². The molecule has 3 aromatic rings. The van der Waals surface area contributed by atoms with Crippen molar-refractivity contribution in [2.24, 2.45) is 5.92 Å². The molecule has 3 aliphatic carbocycles. The Hall–Kier alpha value is -4.61. The fourth-order valence-electron chi connectivity index (χ4n) is 8.05. The van der Waals surface area contributed by atoms with Crippen molar-refractivity contribution < 1.29 is 42.3 Å². The van der Waals surface area contributed by atoms with Crippen molar-refractivity contribution in [3.63, 3.8) is 0 Å². The highest BCUT2D eigenvalue weighted by atomic mass is 32.2. The van der Waals surface area contributed by atoms with Crippen molar-refractivity contribution in [1.82, 2.24) is 30.0 Å². The van der Waals surface area contributed by atoms with Gasteiger partial charge in [-0.3, -0.25) is 24.3 Å². The van der Waals surface area contributed by atoms with Gasteiger partial charge in [-0.2, -0.15) is 5.06 Å². The first-order valence-corrected chi connectivity index (χ1v) is 22.0. The van der Waals surface area contributed by atoms with Crippen LogP contribution in [0.1, 0.15) is 83.5 Å². The maximum absolute atomic E-state index is 14.7. The maximum atomic E-state index is 14.7. The monoisotopic (exact) mass is 806 g/mol. The van der Waals surface area contributed by atoms with Crippen LogP contribution < -0.4 is 14.8 Å². The number of allylic oxidation sites excluding steroid dienone is 1. The highest BCUT2D eigenvalue weighted by Crippen LogP contribution is 2.46. The van der Waals surface area contributed by atoms with Gasteiger partial charge in [-0.15, -0.1) is 11.3 Å². The van der Waals surface area contributed by atoms with Gasteiger partial charge in [0, 0.05) is 12.3 Å². The first kappa shape index (κ1) is 38.3. The molecule has 4 amide bonds. The number of aromatic nitrogens is 2. The van der Waals surface area contributed by atoms with Gasteiger partial charge < -0.3 is 19.7 Å². The number of thiophene rings is 1. The number of rotatable bonds is 8. The Morgan fingerprint density at radius 1 is 0.964 bits per heavy atom. The lowest BCUT2D eigenvalue weighted by molar-refractivity contribution is -0.160. The van der Waals surface area contributed by atoms with Crippen LogP contribution in [0.2, 0.25) is 0 Å². The maximum Gasteiger partial charge on any atom is 0.434 e. The van der Waals surface area contributed by atoms with Gasteiger partial charge in [0.25, 0.3) is 5.91 Å². The highest BCUT2D eigenvalue weighted by molar-refractivity contribution is 7.91. The van der Waals surface area contributed by atoms with Gasteiger partial charge in [0.1, 0.15) is 35.5 Å². The smallest absolute Gasteiger partial charge is 0.434 e. The van der Waals surface area contributed by atoms with Crippen molar-refractivity contribution >= 4 is 56.2 Å². The Kier molecular flexibility index (Phi) is 10.8. The van der Waals surface area contributed by atoms with Crippen LogP contribution in [0.15, 0.2) is 53.9 Å². The number of nitrogens with one attached hydrogen (secondary N) is 2. The Labute approximate surface area is 328 Å². The summed E-state index contributed by atoms with van der Waals surface area (Å²) in [5.74, 6) is -2.44. The molecule has 0 bridgehead atoms. The predicted octanol–water partition coefficient (Wildman–Crippen LogP) is 4.85. The van der Waals surface area contributed by atoms with E-state index in [9.17, 15) is 32.8 Å². The number of hydrogen-bond donors (Lipinski definition) is 3. The van der Waals surface area contributed by atoms with Crippen LogP contribution in [-0.2, 0) is 29.1 Å². The Morgan fingerprint density at radius 2 is 1.71 bits per heavy atom. The number of carbonyl (C=O) groups excluding carboxylic acids is 4. The van der Waals surface area contributed by atoms with E-state index >= 15 is 0 Å². The molecule has 17 heteroatoms. The van der Waals surface area contributed by atoms with Crippen LogP contribution in [0.3, 0.4) is 0 Å². The molecule has 3 N–H and O–H groups in total. The largest absolute Gasteiger partial charge is 0.471 e. The number of benzene rings is 1. The van der Waals surface area contributed by atoms with E-state index in [4.69, 9.17) is 19.4 Å². The second-order valence-electron chi connectivity index (χ2n) is 15.5. The van der Waals surface area contributed by atoms with Crippen LogP contribution in [-0.4, -0.2) is 99.0 Å². The zero-order valence-electron chi connectivity index (χ0n) is 30.9. The third-order valence-corrected chi connectivity index (χ3v) is 14.1. The van der Waals surface area contributed by atoms with Crippen molar-refractivity contribution in [2.45, 2.75) is 119 Å². The normalized spacial score (nSPS) is 28.0. The van der Waals surface area contributed by atoms with Gasteiger partial charge in [-0.1, -0.05) is 43.2 Å². The van der Waals surface area contributed by atoms with Crippen molar-refractivity contribution in [2.75, 3.05) is 6.54 Å². The van der Waals surface area contributed by atoms with E-state index in [1.807, 2.05) is 53.9 Å². The predicted molar refractivity (Wildman–Crippen MR) is 205 cm³/mol. The minimum atomic E-state index is -3.92. The molecule has 15 nitrogen and oxygen atoms in total. The summed E-state index contributed by atoms with van der Waals surface area (Å²) < 4.78 is 40.1. The molecule has 1 unspecified atom stereocenters. The van der Waals surface area contributed by atoms with Crippen LogP contribution >= 0.6 is 11.3 Å². The fraction of sp³-hybridized carbons (Fsp3) is 0.538. The Balaban J connectivity index is 1.12. The number of ether oxygens (including phenoxy) is 2. The Morgan fingerprint density at radius 3 is 2.45 bits per heavy atom. The minimum Gasteiger partial charge on any atom is -0.471 e. The second kappa shape index (κ2) is 15.7. The Bertz CT molecular complexity index is 2120. The SMILES string of the molecule is O=C1N[C@]2(C(=O)NS(=O)(=O)C3CC3)CC2/C=C\CCCCC[C@@H](N(O)C(=O)OC2CCCC2)C(=O)N2C[C@H](Oc3nc4ccccc4nc3-c3cccs3)C[C@@H]12. The van der Waals surface area contributed by atoms with E-state index in [1.165, 1.54) is 16.2 Å². The first-order chi connectivity index (χ1) is 27.0. The highest BCUT2D eigenvalue weighted by Gasteiger charge is 2.62. The van der Waals surface area contributed by atoms with Gasteiger partial charge >= 0.3 is 6.09 Å². The van der Waals surface area contributed by atoms with Crippen LogP contribution in [0.5, 0.6) is 5.88 Å². The van der Waals surface area contributed by atoms with Gasteiger partial charge in [0.15, 0.2) is 0 Å². The lowest BCUT2D eigenvalue weighted by Crippen LogP contribution is -2.58. The molecule has 8 rings (SSSR count). The summed E-state index contributed by atoms with van der Waals surface area (Å²) in [5, 5.41) is 15.8. The van der Waals surface area contributed by atoms with Gasteiger partial charge in [-0.25, -0.2) is 23.2 Å². The van der Waals surface area contributed by atoms with E-state index in [2.05, 4.69) is 10.0 Å². The average molecular weight is 807 g/mol. The number of fused-ring (bicyclic) bond motifs is 3. The molecule has 0 radical (unpaired) electrons.